The van der Waals surface area contributed by atoms with Gasteiger partial charge in [-0.25, -0.2) is 0 Å². The van der Waals surface area contributed by atoms with Gasteiger partial charge in [0.2, 0.25) is 0 Å². The Hall–Kier alpha value is -1.17. The number of unbranched alkanes of at least 4 members (excludes halogenated alkanes) is 3. The number of aliphatic hydroxyl groups excluding tert-OH is 2. The molecule has 0 aromatic carbocycles. The van der Waals surface area contributed by atoms with Gasteiger partial charge in [0.05, 0.1) is 24.9 Å². The predicted molar refractivity (Wildman–Crippen MR) is 96.2 cm³/mol. The lowest BCUT2D eigenvalue weighted by Crippen LogP contribution is -2.19. The van der Waals surface area contributed by atoms with Gasteiger partial charge in [-0.05, 0) is 24.8 Å². The minimum atomic E-state index is -0.770. The predicted octanol–water partition coefficient (Wildman–Crippen LogP) is 3.06. The lowest BCUT2D eigenvalue weighted by atomic mass is 9.87. The molecular formula is C20H32O5. The molecule has 0 aromatic heterocycles. The first kappa shape index (κ1) is 20.1. The minimum Gasteiger partial charge on any atom is -0.481 e. The van der Waals surface area contributed by atoms with E-state index in [0.29, 0.717) is 19.4 Å². The van der Waals surface area contributed by atoms with Gasteiger partial charge in [-0.2, -0.15) is 0 Å². The lowest BCUT2D eigenvalue weighted by Gasteiger charge is -2.18. The molecule has 1 saturated carbocycles. The number of fused-ring (bicyclic) bond motifs is 1. The van der Waals surface area contributed by atoms with Crippen LogP contribution in [0, 0.1) is 11.8 Å². The number of ether oxygens (including phenoxy) is 1. The average molecular weight is 352 g/mol. The Kier molecular flexibility index (Phi) is 8.13. The fourth-order valence-electron chi connectivity index (χ4n) is 3.93. The third kappa shape index (κ3) is 5.94. The highest BCUT2D eigenvalue weighted by atomic mass is 16.5. The molecule has 1 aliphatic heterocycles. The monoisotopic (exact) mass is 352 g/mol. The summed E-state index contributed by atoms with van der Waals surface area (Å²) in [4.78, 5) is 10.6. The van der Waals surface area contributed by atoms with E-state index < -0.39 is 18.2 Å². The topological polar surface area (TPSA) is 87.0 Å². The molecule has 2 fully saturated rings. The van der Waals surface area contributed by atoms with E-state index in [-0.39, 0.29) is 24.4 Å². The summed E-state index contributed by atoms with van der Waals surface area (Å²) >= 11 is 0. The number of allylic oxidation sites excluding steroid dienone is 1. The summed E-state index contributed by atoms with van der Waals surface area (Å²) in [5.41, 5.74) is 1.17. The second-order valence-corrected chi connectivity index (χ2v) is 7.27. The Morgan fingerprint density at radius 3 is 2.88 bits per heavy atom. The van der Waals surface area contributed by atoms with Crippen molar-refractivity contribution in [2.75, 3.05) is 6.61 Å². The van der Waals surface area contributed by atoms with Crippen molar-refractivity contribution in [2.45, 2.75) is 76.6 Å². The first-order valence-electron chi connectivity index (χ1n) is 9.59. The Bertz CT molecular complexity index is 484. The Balaban J connectivity index is 1.92. The van der Waals surface area contributed by atoms with E-state index >= 15 is 0 Å². The lowest BCUT2D eigenvalue weighted by molar-refractivity contribution is -0.137. The summed E-state index contributed by atoms with van der Waals surface area (Å²) in [6, 6.07) is 0. The molecule has 2 rings (SSSR count). The smallest absolute Gasteiger partial charge is 0.303 e. The zero-order chi connectivity index (χ0) is 18.2. The molecule has 1 saturated heterocycles. The fourth-order valence-corrected chi connectivity index (χ4v) is 3.93. The molecule has 0 spiro atoms. The van der Waals surface area contributed by atoms with Crippen molar-refractivity contribution in [1.82, 2.24) is 0 Å². The average Bonchev–Trinajstić information content (AvgIpc) is 3.08. The Morgan fingerprint density at radius 1 is 1.36 bits per heavy atom. The van der Waals surface area contributed by atoms with Crippen molar-refractivity contribution in [3.8, 4) is 0 Å². The van der Waals surface area contributed by atoms with Crippen LogP contribution in [0.5, 0.6) is 0 Å². The van der Waals surface area contributed by atoms with Crippen LogP contribution in [0.15, 0.2) is 23.8 Å². The number of carboxylic acids is 1. The Morgan fingerprint density at radius 2 is 2.16 bits per heavy atom. The molecule has 0 amide bonds. The van der Waals surface area contributed by atoms with Crippen molar-refractivity contribution in [3.05, 3.63) is 23.8 Å². The van der Waals surface area contributed by atoms with Gasteiger partial charge < -0.3 is 20.1 Å². The number of aliphatic hydroxyl groups is 2. The molecular weight excluding hydrogens is 320 g/mol. The molecule has 0 unspecified atom stereocenters. The maximum absolute atomic E-state index is 10.6. The molecule has 0 bridgehead atoms. The number of hydrogen-bond acceptors (Lipinski definition) is 4. The number of carbonyl (C=O) groups is 1. The molecule has 5 atom stereocenters. The molecule has 3 N–H and O–H groups in total. The molecule has 1 heterocycles. The number of rotatable bonds is 10. The highest BCUT2D eigenvalue weighted by molar-refractivity contribution is 5.66. The van der Waals surface area contributed by atoms with Gasteiger partial charge in [-0.3, -0.25) is 4.79 Å². The van der Waals surface area contributed by atoms with Gasteiger partial charge in [-0.1, -0.05) is 44.4 Å². The van der Waals surface area contributed by atoms with Gasteiger partial charge in [0, 0.05) is 24.7 Å². The van der Waals surface area contributed by atoms with Crippen LogP contribution < -0.4 is 0 Å². The second-order valence-electron chi connectivity index (χ2n) is 7.27. The highest BCUT2D eigenvalue weighted by Gasteiger charge is 2.47. The largest absolute Gasteiger partial charge is 0.481 e. The standard InChI is InChI=1S/C20H32O5/c1-2-3-4-8-15(21)10-11-16-17(22)12-18-20(16)14(13-25-18)7-5-6-9-19(23)24/h7,10-11,15-18,20-22H,2-6,8-9,12-13H2,1H3,(H,23,24)/b11-10+,14-7-/t15-,16-,17+,18-,20+/m0/s1. The van der Waals surface area contributed by atoms with E-state index in [4.69, 9.17) is 9.84 Å². The van der Waals surface area contributed by atoms with E-state index in [0.717, 1.165) is 32.1 Å². The maximum atomic E-state index is 10.6. The van der Waals surface area contributed by atoms with E-state index in [9.17, 15) is 15.0 Å². The first-order chi connectivity index (χ1) is 12.0. The van der Waals surface area contributed by atoms with E-state index in [1.165, 1.54) is 5.57 Å². The first-order valence-corrected chi connectivity index (χ1v) is 9.59. The maximum Gasteiger partial charge on any atom is 0.303 e. The molecule has 142 valence electrons. The number of hydrogen-bond donors (Lipinski definition) is 3. The normalized spacial score (nSPS) is 31.7. The molecule has 5 nitrogen and oxygen atoms in total. The molecule has 2 aliphatic rings. The third-order valence-corrected chi connectivity index (χ3v) is 5.29. The van der Waals surface area contributed by atoms with Crippen molar-refractivity contribution in [3.63, 3.8) is 0 Å². The van der Waals surface area contributed by atoms with Gasteiger partial charge in [-0.15, -0.1) is 0 Å². The van der Waals surface area contributed by atoms with Gasteiger partial charge in [0.15, 0.2) is 0 Å². The summed E-state index contributed by atoms with van der Waals surface area (Å²) in [6.07, 6.45) is 11.2. The van der Waals surface area contributed by atoms with Crippen LogP contribution in [0.4, 0.5) is 0 Å². The molecule has 5 heteroatoms. The SMILES string of the molecule is CCCCC[C@H](O)/C=C/[C@@H]1[C@H]2/C(=C\CCCC(=O)O)CO[C@H]2C[C@H]1O. The van der Waals surface area contributed by atoms with Crippen LogP contribution in [0.25, 0.3) is 0 Å². The summed E-state index contributed by atoms with van der Waals surface area (Å²) < 4.78 is 5.81. The quantitative estimate of drug-likeness (QED) is 0.415. The van der Waals surface area contributed by atoms with Crippen LogP contribution in [-0.4, -0.2) is 46.2 Å². The van der Waals surface area contributed by atoms with Crippen LogP contribution >= 0.6 is 0 Å². The van der Waals surface area contributed by atoms with E-state index in [2.05, 4.69) is 13.0 Å². The zero-order valence-corrected chi connectivity index (χ0v) is 15.1. The van der Waals surface area contributed by atoms with Gasteiger partial charge in [0.25, 0.3) is 0 Å². The third-order valence-electron chi connectivity index (χ3n) is 5.29. The van der Waals surface area contributed by atoms with Crippen LogP contribution in [0.3, 0.4) is 0 Å². The van der Waals surface area contributed by atoms with E-state index in [1.807, 2.05) is 12.2 Å². The van der Waals surface area contributed by atoms with Crippen LogP contribution in [0.2, 0.25) is 0 Å². The van der Waals surface area contributed by atoms with Gasteiger partial charge >= 0.3 is 5.97 Å². The van der Waals surface area contributed by atoms with E-state index in [1.54, 1.807) is 0 Å². The summed E-state index contributed by atoms with van der Waals surface area (Å²) in [5.74, 6) is -0.647. The van der Waals surface area contributed by atoms with Crippen molar-refractivity contribution in [1.29, 1.82) is 0 Å². The van der Waals surface area contributed by atoms with Crippen molar-refractivity contribution < 1.29 is 24.9 Å². The summed E-state index contributed by atoms with van der Waals surface area (Å²) in [5, 5.41) is 29.2. The molecule has 25 heavy (non-hydrogen) atoms. The van der Waals surface area contributed by atoms with Crippen molar-refractivity contribution in [2.24, 2.45) is 11.8 Å². The van der Waals surface area contributed by atoms with Crippen LogP contribution in [-0.2, 0) is 9.53 Å². The van der Waals surface area contributed by atoms with Crippen molar-refractivity contribution >= 4 is 5.97 Å². The minimum absolute atomic E-state index is 0.0287. The van der Waals surface area contributed by atoms with Gasteiger partial charge in [0.1, 0.15) is 0 Å². The van der Waals surface area contributed by atoms with Crippen LogP contribution in [0.1, 0.15) is 58.3 Å². The molecule has 1 aliphatic carbocycles. The molecule has 0 radical (unpaired) electrons. The zero-order valence-electron chi connectivity index (χ0n) is 15.1. The Labute approximate surface area is 150 Å². The summed E-state index contributed by atoms with van der Waals surface area (Å²) in [7, 11) is 0. The number of carboxylic acid groups (broad SMARTS) is 1. The fraction of sp³-hybridized carbons (Fsp3) is 0.750. The highest BCUT2D eigenvalue weighted by Crippen LogP contribution is 2.44. The number of aliphatic carboxylic acids is 1. The molecule has 0 aromatic rings. The second kappa shape index (κ2) is 10.1. The summed E-state index contributed by atoms with van der Waals surface area (Å²) in [6.45, 7) is 2.71.